The summed E-state index contributed by atoms with van der Waals surface area (Å²) < 4.78 is 20.2. The van der Waals surface area contributed by atoms with Crippen LogP contribution in [0.3, 0.4) is 0 Å². The van der Waals surface area contributed by atoms with Gasteiger partial charge in [0.05, 0.1) is 15.0 Å². The number of benzene rings is 2. The molecule has 4 rings (SSSR count). The smallest absolute Gasteiger partial charge is 0.410 e. The molecule has 2 N–H and O–H groups in total. The summed E-state index contributed by atoms with van der Waals surface area (Å²) in [6.45, 7) is 0.437. The molecular formula is C20H17BrClFN4O3. The van der Waals surface area contributed by atoms with Crippen LogP contribution in [0.5, 0.6) is 5.75 Å². The van der Waals surface area contributed by atoms with Crippen molar-refractivity contribution < 1.29 is 19.0 Å². The van der Waals surface area contributed by atoms with Crippen LogP contribution in [0.1, 0.15) is 19.3 Å². The van der Waals surface area contributed by atoms with Crippen LogP contribution in [-0.2, 0) is 0 Å². The number of nitrogens with one attached hydrogen (secondary N) is 1. The summed E-state index contributed by atoms with van der Waals surface area (Å²) in [7, 11) is 0. The lowest BCUT2D eigenvalue weighted by Gasteiger charge is -2.33. The minimum absolute atomic E-state index is 0.00353. The third-order valence-corrected chi connectivity index (χ3v) is 5.74. The molecule has 1 aromatic heterocycles. The minimum Gasteiger partial charge on any atom is -0.469 e. The van der Waals surface area contributed by atoms with Gasteiger partial charge in [-0.1, -0.05) is 11.6 Å². The molecule has 1 aliphatic rings. The van der Waals surface area contributed by atoms with Crippen LogP contribution in [0, 0.1) is 5.82 Å². The van der Waals surface area contributed by atoms with E-state index in [0.717, 1.165) is 12.8 Å². The molecule has 2 aromatic carbocycles. The van der Waals surface area contributed by atoms with Crippen molar-refractivity contribution in [1.82, 2.24) is 14.9 Å². The lowest BCUT2D eigenvalue weighted by Crippen LogP contribution is -2.46. The quantitative estimate of drug-likeness (QED) is 0.476. The first-order valence-electron chi connectivity index (χ1n) is 9.25. The highest BCUT2D eigenvalue weighted by atomic mass is 79.9. The number of nitrogens with zero attached hydrogens (tertiary/aromatic N) is 3. The highest BCUT2D eigenvalue weighted by Crippen LogP contribution is 2.35. The Kier molecular flexibility index (Phi) is 5.92. The number of carboxylic acid groups (broad SMARTS) is 1. The van der Waals surface area contributed by atoms with Crippen molar-refractivity contribution in [2.24, 2.45) is 0 Å². The molecule has 1 saturated heterocycles. The normalized spacial score (nSPS) is 16.5. The molecule has 0 bridgehead atoms. The van der Waals surface area contributed by atoms with Gasteiger partial charge in [-0.25, -0.2) is 19.2 Å². The zero-order valence-electron chi connectivity index (χ0n) is 15.6. The Morgan fingerprint density at radius 2 is 2.13 bits per heavy atom. The van der Waals surface area contributed by atoms with E-state index in [9.17, 15) is 14.3 Å². The maximum Gasteiger partial charge on any atom is 0.410 e. The van der Waals surface area contributed by atoms with E-state index in [0.29, 0.717) is 45.6 Å². The van der Waals surface area contributed by atoms with Gasteiger partial charge in [-0.05, 0) is 59.1 Å². The molecule has 0 aliphatic carbocycles. The molecule has 2 heterocycles. The number of hydrogen-bond acceptors (Lipinski definition) is 5. The molecule has 0 spiro atoms. The van der Waals surface area contributed by atoms with Crippen LogP contribution in [0.2, 0.25) is 5.02 Å². The van der Waals surface area contributed by atoms with E-state index < -0.39 is 18.1 Å². The number of carbonyl (C=O) groups is 1. The summed E-state index contributed by atoms with van der Waals surface area (Å²) in [4.78, 5) is 21.4. The molecule has 1 aliphatic heterocycles. The number of aromatic nitrogens is 2. The van der Waals surface area contributed by atoms with Crippen molar-refractivity contribution >= 4 is 56.0 Å². The van der Waals surface area contributed by atoms with Crippen LogP contribution >= 0.6 is 27.5 Å². The van der Waals surface area contributed by atoms with Gasteiger partial charge in [-0.3, -0.25) is 4.90 Å². The van der Waals surface area contributed by atoms with Crippen LogP contribution in [0.15, 0.2) is 41.1 Å². The van der Waals surface area contributed by atoms with Crippen molar-refractivity contribution in [2.75, 3.05) is 11.9 Å². The van der Waals surface area contributed by atoms with E-state index in [4.69, 9.17) is 16.3 Å². The van der Waals surface area contributed by atoms with Crippen molar-refractivity contribution in [2.45, 2.75) is 25.5 Å². The van der Waals surface area contributed by atoms with Gasteiger partial charge in [0.1, 0.15) is 23.7 Å². The highest BCUT2D eigenvalue weighted by molar-refractivity contribution is 9.10. The second-order valence-corrected chi connectivity index (χ2v) is 8.08. The van der Waals surface area contributed by atoms with Crippen LogP contribution in [0.25, 0.3) is 10.9 Å². The maximum atomic E-state index is 13.4. The molecule has 7 nitrogen and oxygen atoms in total. The Hall–Kier alpha value is -2.65. The fourth-order valence-electron chi connectivity index (χ4n) is 3.35. The molecule has 156 valence electrons. The Labute approximate surface area is 185 Å². The molecule has 0 saturated carbocycles. The fourth-order valence-corrected chi connectivity index (χ4v) is 3.95. The standard InChI is InChI=1S/C20H17BrClFN4O3/c21-13-9-16-12(8-17(13)30-18-3-1-2-6-27(18)20(28)29)19(25-10-24-16)26-11-4-5-15(23)14(22)7-11/h4-5,7-10,18H,1-3,6H2,(H,28,29)(H,24,25,26). The predicted molar refractivity (Wildman–Crippen MR) is 115 cm³/mol. The van der Waals surface area contributed by atoms with Gasteiger partial charge in [0.15, 0.2) is 6.23 Å². The fraction of sp³-hybridized carbons (Fsp3) is 0.250. The zero-order valence-corrected chi connectivity index (χ0v) is 18.0. The number of likely N-dealkylation sites (tertiary alicyclic amines) is 1. The first-order valence-corrected chi connectivity index (χ1v) is 10.4. The monoisotopic (exact) mass is 494 g/mol. The number of hydrogen-bond donors (Lipinski definition) is 2. The van der Waals surface area contributed by atoms with Gasteiger partial charge in [0.2, 0.25) is 0 Å². The van der Waals surface area contributed by atoms with Crippen molar-refractivity contribution in [1.29, 1.82) is 0 Å². The number of fused-ring (bicyclic) bond motifs is 1. The molecule has 1 amide bonds. The number of anilines is 2. The van der Waals surface area contributed by atoms with Gasteiger partial charge in [0.25, 0.3) is 0 Å². The summed E-state index contributed by atoms with van der Waals surface area (Å²) in [5.41, 5.74) is 1.22. The van der Waals surface area contributed by atoms with Gasteiger partial charge >= 0.3 is 6.09 Å². The summed E-state index contributed by atoms with van der Waals surface area (Å²) in [5.74, 6) is 0.458. The predicted octanol–water partition coefficient (Wildman–Crippen LogP) is 5.80. The maximum absolute atomic E-state index is 13.4. The lowest BCUT2D eigenvalue weighted by atomic mass is 10.1. The van der Waals surface area contributed by atoms with E-state index in [1.807, 2.05) is 0 Å². The SMILES string of the molecule is O=C(O)N1CCCCC1Oc1cc2c(Nc3ccc(F)c(Cl)c3)ncnc2cc1Br. The second-order valence-electron chi connectivity index (χ2n) is 6.82. The Bertz CT molecular complexity index is 1120. The minimum atomic E-state index is -1.00. The summed E-state index contributed by atoms with van der Waals surface area (Å²) in [6.07, 6.45) is 2.16. The van der Waals surface area contributed by atoms with Gasteiger partial charge in [-0.15, -0.1) is 0 Å². The van der Waals surface area contributed by atoms with Gasteiger partial charge < -0.3 is 15.2 Å². The third kappa shape index (κ3) is 4.27. The first kappa shape index (κ1) is 20.6. The Morgan fingerprint density at radius 1 is 1.30 bits per heavy atom. The molecule has 1 atom stereocenters. The number of piperidine rings is 1. The molecule has 30 heavy (non-hydrogen) atoms. The molecule has 10 heteroatoms. The van der Waals surface area contributed by atoms with E-state index in [1.165, 1.54) is 23.4 Å². The van der Waals surface area contributed by atoms with Gasteiger partial charge in [-0.2, -0.15) is 0 Å². The molecular weight excluding hydrogens is 479 g/mol. The second kappa shape index (κ2) is 8.61. The first-order chi connectivity index (χ1) is 14.4. The number of halogens is 3. The summed E-state index contributed by atoms with van der Waals surface area (Å²) >= 11 is 9.34. The summed E-state index contributed by atoms with van der Waals surface area (Å²) in [5, 5.41) is 13.2. The zero-order chi connectivity index (χ0) is 21.3. The Morgan fingerprint density at radius 3 is 2.90 bits per heavy atom. The number of ether oxygens (including phenoxy) is 1. The lowest BCUT2D eigenvalue weighted by molar-refractivity contribution is 0.00564. The molecule has 0 radical (unpaired) electrons. The molecule has 3 aromatic rings. The van der Waals surface area contributed by atoms with Crippen LogP contribution in [0.4, 0.5) is 20.7 Å². The van der Waals surface area contributed by atoms with Crippen molar-refractivity contribution in [3.8, 4) is 5.75 Å². The van der Waals surface area contributed by atoms with Crippen molar-refractivity contribution in [3.05, 3.63) is 52.0 Å². The van der Waals surface area contributed by atoms with Gasteiger partial charge in [0, 0.05) is 24.0 Å². The molecule has 1 unspecified atom stereocenters. The van der Waals surface area contributed by atoms with E-state index >= 15 is 0 Å². The largest absolute Gasteiger partial charge is 0.469 e. The third-order valence-electron chi connectivity index (χ3n) is 4.83. The number of amides is 1. The van der Waals surface area contributed by atoms with E-state index in [2.05, 4.69) is 31.2 Å². The summed E-state index contributed by atoms with van der Waals surface area (Å²) in [6, 6.07) is 7.82. The molecule has 1 fully saturated rings. The number of rotatable bonds is 4. The van der Waals surface area contributed by atoms with Crippen LogP contribution < -0.4 is 10.1 Å². The van der Waals surface area contributed by atoms with E-state index in [1.54, 1.807) is 18.2 Å². The Balaban J connectivity index is 1.68. The van der Waals surface area contributed by atoms with E-state index in [-0.39, 0.29) is 5.02 Å². The highest BCUT2D eigenvalue weighted by Gasteiger charge is 2.28. The topological polar surface area (TPSA) is 87.6 Å². The average molecular weight is 496 g/mol. The van der Waals surface area contributed by atoms with Crippen molar-refractivity contribution in [3.63, 3.8) is 0 Å². The average Bonchev–Trinajstić information content (AvgIpc) is 2.72. The van der Waals surface area contributed by atoms with Crippen LogP contribution in [-0.4, -0.2) is 38.8 Å².